The van der Waals surface area contributed by atoms with E-state index in [9.17, 15) is 18.4 Å². The summed E-state index contributed by atoms with van der Waals surface area (Å²) in [6.07, 6.45) is 0. The largest absolute Gasteiger partial charge is 0.477 e. The van der Waals surface area contributed by atoms with Crippen molar-refractivity contribution in [3.05, 3.63) is 47.5 Å². The Balaban J connectivity index is 2.00. The Hall–Kier alpha value is -3.10. The number of anilines is 1. The average Bonchev–Trinajstić information content (AvgIpc) is 2.49. The van der Waals surface area contributed by atoms with E-state index >= 15 is 0 Å². The number of urea groups is 1. The van der Waals surface area contributed by atoms with Gasteiger partial charge in [-0.15, -0.1) is 10.2 Å². The molecule has 0 fully saturated rings. The third-order valence-electron chi connectivity index (χ3n) is 2.59. The van der Waals surface area contributed by atoms with Gasteiger partial charge in [0.1, 0.15) is 17.2 Å². The molecule has 0 aliphatic rings. The van der Waals surface area contributed by atoms with Gasteiger partial charge in [-0.05, 0) is 25.1 Å². The molecule has 0 aliphatic carbocycles. The van der Waals surface area contributed by atoms with Gasteiger partial charge < -0.3 is 4.74 Å². The van der Waals surface area contributed by atoms with E-state index in [1.165, 1.54) is 12.1 Å². The van der Waals surface area contributed by atoms with Crippen molar-refractivity contribution in [2.75, 3.05) is 11.9 Å². The predicted molar refractivity (Wildman–Crippen MR) is 76.0 cm³/mol. The summed E-state index contributed by atoms with van der Waals surface area (Å²) in [5.74, 6) is -3.06. The number of ether oxygens (including phenoxy) is 1. The molecular weight excluding hydrogens is 310 g/mol. The lowest BCUT2D eigenvalue weighted by Gasteiger charge is -2.07. The van der Waals surface area contributed by atoms with Gasteiger partial charge in [-0.1, -0.05) is 6.07 Å². The van der Waals surface area contributed by atoms with Crippen LogP contribution in [-0.2, 0) is 0 Å². The fourth-order valence-electron chi connectivity index (χ4n) is 1.64. The number of amides is 3. The van der Waals surface area contributed by atoms with Gasteiger partial charge in [0.25, 0.3) is 5.91 Å². The molecule has 1 aromatic heterocycles. The van der Waals surface area contributed by atoms with Crippen molar-refractivity contribution >= 4 is 17.8 Å². The summed E-state index contributed by atoms with van der Waals surface area (Å²) in [6, 6.07) is 4.78. The first kappa shape index (κ1) is 16.3. The molecule has 0 saturated carbocycles. The predicted octanol–water partition coefficient (Wildman–Crippen LogP) is 2.12. The average molecular weight is 322 g/mol. The van der Waals surface area contributed by atoms with Crippen LogP contribution in [0.4, 0.5) is 19.4 Å². The SMILES string of the molecule is CCOc1ccc(NC(=O)NC(=O)c2c(F)cccc2F)nn1. The number of carbonyl (C=O) groups excluding carboxylic acids is 2. The molecule has 2 N–H and O–H groups in total. The zero-order valence-electron chi connectivity index (χ0n) is 12.0. The summed E-state index contributed by atoms with van der Waals surface area (Å²) in [7, 11) is 0. The Morgan fingerprint density at radius 2 is 1.83 bits per heavy atom. The second-order valence-corrected chi connectivity index (χ2v) is 4.19. The van der Waals surface area contributed by atoms with Gasteiger partial charge in [0.15, 0.2) is 5.82 Å². The molecule has 9 heteroatoms. The highest BCUT2D eigenvalue weighted by molar-refractivity contribution is 6.07. The van der Waals surface area contributed by atoms with Crippen molar-refractivity contribution in [3.63, 3.8) is 0 Å². The van der Waals surface area contributed by atoms with E-state index < -0.39 is 29.1 Å². The van der Waals surface area contributed by atoms with Crippen LogP contribution >= 0.6 is 0 Å². The minimum atomic E-state index is -1.21. The van der Waals surface area contributed by atoms with Gasteiger partial charge in [0, 0.05) is 6.07 Å². The number of hydrogen-bond acceptors (Lipinski definition) is 5. The number of halogens is 2. The number of imide groups is 1. The molecule has 23 heavy (non-hydrogen) atoms. The standard InChI is InChI=1S/C14H12F2N4O3/c1-2-23-11-7-6-10(19-20-11)17-14(22)18-13(21)12-8(15)4-3-5-9(12)16/h3-7H,2H2,1H3,(H2,17,18,19,21,22). The molecule has 1 aromatic carbocycles. The zero-order valence-corrected chi connectivity index (χ0v) is 12.0. The van der Waals surface area contributed by atoms with Gasteiger partial charge in [0.2, 0.25) is 5.88 Å². The van der Waals surface area contributed by atoms with E-state index in [1.54, 1.807) is 12.2 Å². The van der Waals surface area contributed by atoms with Crippen molar-refractivity contribution in [1.29, 1.82) is 0 Å². The Bertz CT molecular complexity index is 702. The lowest BCUT2D eigenvalue weighted by Crippen LogP contribution is -2.35. The number of carbonyl (C=O) groups is 2. The summed E-state index contributed by atoms with van der Waals surface area (Å²) in [5, 5.41) is 11.3. The highest BCUT2D eigenvalue weighted by atomic mass is 19.1. The summed E-state index contributed by atoms with van der Waals surface area (Å²) < 4.78 is 31.9. The Kier molecular flexibility index (Phi) is 5.13. The molecule has 0 aliphatic heterocycles. The molecule has 0 bridgehead atoms. The van der Waals surface area contributed by atoms with E-state index in [1.807, 2.05) is 0 Å². The topological polar surface area (TPSA) is 93.2 Å². The van der Waals surface area contributed by atoms with Crippen LogP contribution in [0.5, 0.6) is 5.88 Å². The molecule has 1 heterocycles. The van der Waals surface area contributed by atoms with E-state index in [2.05, 4.69) is 15.5 Å². The summed E-state index contributed by atoms with van der Waals surface area (Å²) in [4.78, 5) is 23.4. The van der Waals surface area contributed by atoms with Crippen molar-refractivity contribution in [1.82, 2.24) is 15.5 Å². The van der Waals surface area contributed by atoms with Gasteiger partial charge in [-0.25, -0.2) is 13.6 Å². The molecule has 0 unspecified atom stereocenters. The van der Waals surface area contributed by atoms with Crippen LogP contribution < -0.4 is 15.4 Å². The molecule has 2 rings (SSSR count). The number of benzene rings is 1. The minimum absolute atomic E-state index is 0.0350. The first-order valence-corrected chi connectivity index (χ1v) is 6.54. The van der Waals surface area contributed by atoms with Crippen LogP contribution in [0.1, 0.15) is 17.3 Å². The Morgan fingerprint density at radius 1 is 1.13 bits per heavy atom. The molecule has 0 atom stereocenters. The first-order valence-electron chi connectivity index (χ1n) is 6.54. The van der Waals surface area contributed by atoms with Crippen LogP contribution in [0.15, 0.2) is 30.3 Å². The van der Waals surface area contributed by atoms with E-state index in [0.29, 0.717) is 6.61 Å². The second-order valence-electron chi connectivity index (χ2n) is 4.19. The lowest BCUT2D eigenvalue weighted by atomic mass is 10.2. The fourth-order valence-corrected chi connectivity index (χ4v) is 1.64. The smallest absolute Gasteiger partial charge is 0.327 e. The van der Waals surface area contributed by atoms with Crippen LogP contribution in [0.25, 0.3) is 0 Å². The van der Waals surface area contributed by atoms with Crippen molar-refractivity contribution in [2.24, 2.45) is 0 Å². The monoisotopic (exact) mass is 322 g/mol. The number of nitrogens with one attached hydrogen (secondary N) is 2. The minimum Gasteiger partial charge on any atom is -0.477 e. The fraction of sp³-hybridized carbons (Fsp3) is 0.143. The van der Waals surface area contributed by atoms with E-state index in [-0.39, 0.29) is 11.7 Å². The molecular formula is C14H12F2N4O3. The van der Waals surface area contributed by atoms with Gasteiger partial charge in [-0.2, -0.15) is 0 Å². The second kappa shape index (κ2) is 7.25. The molecule has 3 amide bonds. The van der Waals surface area contributed by atoms with Crippen LogP contribution in [-0.4, -0.2) is 28.7 Å². The normalized spacial score (nSPS) is 10.0. The van der Waals surface area contributed by atoms with Gasteiger partial charge in [0.05, 0.1) is 6.61 Å². The number of hydrogen-bond donors (Lipinski definition) is 2. The molecule has 0 radical (unpaired) electrons. The highest BCUT2D eigenvalue weighted by Crippen LogP contribution is 2.12. The third-order valence-corrected chi connectivity index (χ3v) is 2.59. The number of aromatic nitrogens is 2. The summed E-state index contributed by atoms with van der Waals surface area (Å²) in [5.41, 5.74) is -0.847. The maximum Gasteiger partial charge on any atom is 0.327 e. The summed E-state index contributed by atoms with van der Waals surface area (Å²) in [6.45, 7) is 2.18. The molecule has 0 spiro atoms. The van der Waals surface area contributed by atoms with Crippen molar-refractivity contribution in [2.45, 2.75) is 6.92 Å². The molecule has 120 valence electrons. The molecule has 2 aromatic rings. The maximum atomic E-state index is 13.4. The van der Waals surface area contributed by atoms with Gasteiger partial charge >= 0.3 is 6.03 Å². The summed E-state index contributed by atoms with van der Waals surface area (Å²) >= 11 is 0. The number of nitrogens with zero attached hydrogens (tertiary/aromatic N) is 2. The van der Waals surface area contributed by atoms with Crippen molar-refractivity contribution in [3.8, 4) is 5.88 Å². The van der Waals surface area contributed by atoms with E-state index in [4.69, 9.17) is 4.74 Å². The first-order chi connectivity index (χ1) is 11.0. The van der Waals surface area contributed by atoms with Crippen molar-refractivity contribution < 1.29 is 23.1 Å². The van der Waals surface area contributed by atoms with Crippen LogP contribution in [0.3, 0.4) is 0 Å². The molecule has 0 saturated heterocycles. The lowest BCUT2D eigenvalue weighted by molar-refractivity contribution is 0.0959. The van der Waals surface area contributed by atoms with E-state index in [0.717, 1.165) is 18.2 Å². The van der Waals surface area contributed by atoms with Crippen LogP contribution in [0, 0.1) is 11.6 Å². The van der Waals surface area contributed by atoms with Crippen LogP contribution in [0.2, 0.25) is 0 Å². The third kappa shape index (κ3) is 4.19. The Morgan fingerprint density at radius 3 is 2.39 bits per heavy atom. The maximum absolute atomic E-state index is 13.4. The highest BCUT2D eigenvalue weighted by Gasteiger charge is 2.19. The quantitative estimate of drug-likeness (QED) is 0.899. The number of rotatable bonds is 4. The molecule has 7 nitrogen and oxygen atoms in total. The van der Waals surface area contributed by atoms with Gasteiger partial charge in [-0.3, -0.25) is 15.4 Å². The zero-order chi connectivity index (χ0) is 16.8. The Labute approximate surface area is 129 Å².